The van der Waals surface area contributed by atoms with Crippen LogP contribution >= 0.6 is 0 Å². The minimum atomic E-state index is -1.39. The molecule has 0 saturated carbocycles. The molecule has 0 aliphatic heterocycles. The molecule has 0 aromatic heterocycles. The van der Waals surface area contributed by atoms with Crippen LogP contribution in [0.2, 0.25) is 0 Å². The number of aliphatic hydroxyl groups is 2. The summed E-state index contributed by atoms with van der Waals surface area (Å²) in [6, 6.07) is 29.1. The number of allylic oxidation sites excluding steroid dienone is 1. The van der Waals surface area contributed by atoms with Crippen LogP contribution in [-0.4, -0.2) is 52.8 Å². The average molecular weight is 645 g/mol. The van der Waals surface area contributed by atoms with E-state index >= 15 is 0 Å². The molecule has 3 aromatic carbocycles. The van der Waals surface area contributed by atoms with Crippen molar-refractivity contribution in [2.45, 2.75) is 97.8 Å². The first-order valence-corrected chi connectivity index (χ1v) is 16.3. The van der Waals surface area contributed by atoms with Gasteiger partial charge in [0.1, 0.15) is 17.8 Å². The molecule has 0 unspecified atom stereocenters. The standard InChI is InChI=1S/C40H52O7/c1-7-8-24-34(41)35(45-28-31-20-14-10-15-21-31)33(25-26-44-27-30-18-12-9-13-19-30)36(46-29-32-22-16-11-17-23-32)37(42)40(5,6)38(43)47-39(2,3)4/h7-23,25,34-37,41-42H,24,26-29H2,1-6H3/b8-7+,33-25+/t34-,35+,36+,37+/m1/s1. The summed E-state index contributed by atoms with van der Waals surface area (Å²) in [4.78, 5) is 13.5. The Kier molecular flexibility index (Phi) is 15.0. The third-order valence-corrected chi connectivity index (χ3v) is 7.66. The Bertz CT molecular complexity index is 1380. The topological polar surface area (TPSA) is 94.5 Å². The Morgan fingerprint density at radius 2 is 1.19 bits per heavy atom. The third kappa shape index (κ3) is 12.5. The molecule has 0 saturated heterocycles. The van der Waals surface area contributed by atoms with Crippen molar-refractivity contribution < 1.29 is 34.0 Å². The molecule has 0 aliphatic rings. The van der Waals surface area contributed by atoms with Gasteiger partial charge in [0, 0.05) is 0 Å². The second kappa shape index (κ2) is 18.7. The first-order chi connectivity index (χ1) is 22.4. The fourth-order valence-corrected chi connectivity index (χ4v) is 4.93. The van der Waals surface area contributed by atoms with E-state index in [9.17, 15) is 15.0 Å². The minimum absolute atomic E-state index is 0.144. The van der Waals surface area contributed by atoms with E-state index in [4.69, 9.17) is 18.9 Å². The maximum absolute atomic E-state index is 13.5. The van der Waals surface area contributed by atoms with Crippen molar-refractivity contribution in [1.29, 1.82) is 0 Å². The van der Waals surface area contributed by atoms with Gasteiger partial charge in [-0.2, -0.15) is 0 Å². The normalized spacial score (nSPS) is 15.3. The second-order valence-corrected chi connectivity index (χ2v) is 13.2. The Morgan fingerprint density at radius 3 is 1.66 bits per heavy atom. The third-order valence-electron chi connectivity index (χ3n) is 7.66. The molecule has 0 heterocycles. The summed E-state index contributed by atoms with van der Waals surface area (Å²) in [5.74, 6) is -0.568. The number of rotatable bonds is 18. The van der Waals surface area contributed by atoms with Crippen molar-refractivity contribution in [3.05, 3.63) is 131 Å². The first-order valence-electron chi connectivity index (χ1n) is 16.3. The van der Waals surface area contributed by atoms with Gasteiger partial charge in [-0.1, -0.05) is 109 Å². The molecule has 254 valence electrons. The maximum Gasteiger partial charge on any atom is 0.314 e. The number of benzene rings is 3. The van der Waals surface area contributed by atoms with E-state index in [-0.39, 0.29) is 19.8 Å². The van der Waals surface area contributed by atoms with Crippen molar-refractivity contribution in [3.63, 3.8) is 0 Å². The van der Waals surface area contributed by atoms with Crippen LogP contribution < -0.4 is 0 Å². The molecule has 0 fully saturated rings. The van der Waals surface area contributed by atoms with Gasteiger partial charge in [-0.15, -0.1) is 0 Å². The van der Waals surface area contributed by atoms with Gasteiger partial charge in [0.15, 0.2) is 0 Å². The van der Waals surface area contributed by atoms with Gasteiger partial charge in [-0.3, -0.25) is 4.79 Å². The van der Waals surface area contributed by atoms with E-state index in [2.05, 4.69) is 0 Å². The van der Waals surface area contributed by atoms with Crippen LogP contribution in [0.4, 0.5) is 0 Å². The van der Waals surface area contributed by atoms with Crippen molar-refractivity contribution in [2.24, 2.45) is 5.41 Å². The van der Waals surface area contributed by atoms with Gasteiger partial charge in [-0.05, 0) is 70.2 Å². The minimum Gasteiger partial charge on any atom is -0.459 e. The summed E-state index contributed by atoms with van der Waals surface area (Å²) in [6.45, 7) is 11.4. The molecule has 0 spiro atoms. The van der Waals surface area contributed by atoms with E-state index in [0.717, 1.165) is 16.7 Å². The molecular formula is C40H52O7. The van der Waals surface area contributed by atoms with Crippen LogP contribution in [0.5, 0.6) is 0 Å². The maximum atomic E-state index is 13.5. The van der Waals surface area contributed by atoms with E-state index in [1.807, 2.05) is 116 Å². The second-order valence-electron chi connectivity index (χ2n) is 13.2. The van der Waals surface area contributed by atoms with Gasteiger partial charge in [-0.25, -0.2) is 0 Å². The number of ether oxygens (including phenoxy) is 4. The summed E-state index contributed by atoms with van der Waals surface area (Å²) in [7, 11) is 0. The fourth-order valence-electron chi connectivity index (χ4n) is 4.93. The van der Waals surface area contributed by atoms with E-state index in [1.54, 1.807) is 34.6 Å². The van der Waals surface area contributed by atoms with Gasteiger partial charge < -0.3 is 29.2 Å². The number of carbonyl (C=O) groups excluding carboxylic acids is 1. The molecule has 4 atom stereocenters. The zero-order valence-corrected chi connectivity index (χ0v) is 28.7. The van der Waals surface area contributed by atoms with Gasteiger partial charge in [0.05, 0.1) is 44.1 Å². The zero-order valence-electron chi connectivity index (χ0n) is 28.7. The first kappa shape index (κ1) is 37.9. The number of carbonyl (C=O) groups is 1. The van der Waals surface area contributed by atoms with Gasteiger partial charge in [0.2, 0.25) is 0 Å². The molecule has 0 bridgehead atoms. The number of esters is 1. The van der Waals surface area contributed by atoms with Crippen LogP contribution in [0.25, 0.3) is 0 Å². The highest BCUT2D eigenvalue weighted by molar-refractivity contribution is 5.77. The molecule has 0 aliphatic carbocycles. The molecule has 3 rings (SSSR count). The summed E-state index contributed by atoms with van der Waals surface area (Å²) in [5.41, 5.74) is 1.14. The summed E-state index contributed by atoms with van der Waals surface area (Å²) < 4.78 is 24.8. The van der Waals surface area contributed by atoms with Crippen LogP contribution in [-0.2, 0) is 43.6 Å². The van der Waals surface area contributed by atoms with E-state index in [0.29, 0.717) is 18.6 Å². The average Bonchev–Trinajstić information content (AvgIpc) is 3.05. The lowest BCUT2D eigenvalue weighted by atomic mass is 9.79. The Hall–Kier alpha value is -3.59. The molecule has 47 heavy (non-hydrogen) atoms. The number of aliphatic hydroxyl groups excluding tert-OH is 2. The lowest BCUT2D eigenvalue weighted by Gasteiger charge is -2.39. The highest BCUT2D eigenvalue weighted by Crippen LogP contribution is 2.34. The van der Waals surface area contributed by atoms with Gasteiger partial charge >= 0.3 is 5.97 Å². The molecular weight excluding hydrogens is 592 g/mol. The van der Waals surface area contributed by atoms with Crippen molar-refractivity contribution >= 4 is 5.97 Å². The fraction of sp³-hybridized carbons (Fsp3) is 0.425. The number of hydrogen-bond donors (Lipinski definition) is 2. The smallest absolute Gasteiger partial charge is 0.314 e. The predicted octanol–water partition coefficient (Wildman–Crippen LogP) is 7.36. The highest BCUT2D eigenvalue weighted by Gasteiger charge is 2.46. The van der Waals surface area contributed by atoms with Crippen molar-refractivity contribution in [1.82, 2.24) is 0 Å². The van der Waals surface area contributed by atoms with Crippen molar-refractivity contribution in [2.75, 3.05) is 6.61 Å². The molecule has 0 radical (unpaired) electrons. The summed E-state index contributed by atoms with van der Waals surface area (Å²) in [5, 5.41) is 23.7. The molecule has 3 aromatic rings. The number of hydrogen-bond acceptors (Lipinski definition) is 7. The largest absolute Gasteiger partial charge is 0.459 e. The SMILES string of the molecule is C/C=C/C[C@@H](O)[C@@H](OCc1ccccc1)/C(=C\COCc1ccccc1)[C@H](OCc1ccccc1)[C@H](O)C(C)(C)C(=O)OC(C)(C)C. The lowest BCUT2D eigenvalue weighted by molar-refractivity contribution is -0.179. The van der Waals surface area contributed by atoms with Crippen LogP contribution in [0.15, 0.2) is 115 Å². The summed E-state index contributed by atoms with van der Waals surface area (Å²) >= 11 is 0. The quantitative estimate of drug-likeness (QED) is 0.0849. The molecule has 2 N–H and O–H groups in total. The Morgan fingerprint density at radius 1 is 0.723 bits per heavy atom. The zero-order chi connectivity index (χ0) is 34.3. The predicted molar refractivity (Wildman–Crippen MR) is 185 cm³/mol. The molecule has 7 nitrogen and oxygen atoms in total. The highest BCUT2D eigenvalue weighted by atomic mass is 16.6. The Balaban J connectivity index is 2.08. The monoisotopic (exact) mass is 644 g/mol. The molecule has 7 heteroatoms. The van der Waals surface area contributed by atoms with Gasteiger partial charge in [0.25, 0.3) is 0 Å². The van der Waals surface area contributed by atoms with Crippen LogP contribution in [0, 0.1) is 5.41 Å². The summed E-state index contributed by atoms with van der Waals surface area (Å²) in [6.07, 6.45) is 1.50. The lowest BCUT2D eigenvalue weighted by Crippen LogP contribution is -2.51. The van der Waals surface area contributed by atoms with Crippen LogP contribution in [0.1, 0.15) is 64.7 Å². The van der Waals surface area contributed by atoms with Crippen LogP contribution in [0.3, 0.4) is 0 Å². The molecule has 0 amide bonds. The van der Waals surface area contributed by atoms with Crippen molar-refractivity contribution in [3.8, 4) is 0 Å². The van der Waals surface area contributed by atoms with E-state index in [1.165, 1.54) is 0 Å². The van der Waals surface area contributed by atoms with E-state index < -0.39 is 41.4 Å². The Labute approximate surface area is 280 Å².